The summed E-state index contributed by atoms with van der Waals surface area (Å²) >= 11 is 0. The Morgan fingerprint density at radius 2 is 2.11 bits per heavy atom. The van der Waals surface area contributed by atoms with Gasteiger partial charge in [0.2, 0.25) is 0 Å². The Kier molecular flexibility index (Phi) is 5.13. The molecule has 1 aromatic heterocycles. The van der Waals surface area contributed by atoms with Crippen molar-refractivity contribution < 1.29 is 13.9 Å². The molecule has 0 radical (unpaired) electrons. The van der Waals surface area contributed by atoms with Gasteiger partial charge in [-0.1, -0.05) is 13.8 Å². The lowest BCUT2D eigenvalue weighted by Gasteiger charge is -2.31. The normalized spacial score (nSPS) is 23.0. The summed E-state index contributed by atoms with van der Waals surface area (Å²) in [6, 6.07) is 6.44. The van der Waals surface area contributed by atoms with Crippen LogP contribution < -0.4 is 5.32 Å². The molecule has 1 amide bonds. The summed E-state index contributed by atoms with van der Waals surface area (Å²) in [5.74, 6) is 0.521. The van der Waals surface area contributed by atoms with Gasteiger partial charge < -0.3 is 10.1 Å². The maximum atomic E-state index is 13.8. The summed E-state index contributed by atoms with van der Waals surface area (Å²) in [5, 5.41) is 3.75. The van der Waals surface area contributed by atoms with Gasteiger partial charge >= 0.3 is 0 Å². The number of carbonyl (C=O) groups excluding carboxylic acids is 1. The molecule has 0 bridgehead atoms. The van der Waals surface area contributed by atoms with Crippen molar-refractivity contribution in [2.45, 2.75) is 64.0 Å². The molecule has 144 valence electrons. The van der Waals surface area contributed by atoms with Crippen LogP contribution in [-0.4, -0.2) is 29.6 Å². The monoisotopic (exact) mass is 370 g/mol. The number of benzene rings is 1. The fourth-order valence-electron chi connectivity index (χ4n) is 3.96. The van der Waals surface area contributed by atoms with Crippen molar-refractivity contribution in [3.8, 4) is 0 Å². The molecule has 4 nitrogen and oxygen atoms in total. The molecule has 1 aliphatic carbocycles. The van der Waals surface area contributed by atoms with E-state index in [4.69, 9.17) is 4.74 Å². The third kappa shape index (κ3) is 4.29. The van der Waals surface area contributed by atoms with Gasteiger partial charge in [0.05, 0.1) is 17.2 Å². The molecule has 2 atom stereocenters. The van der Waals surface area contributed by atoms with Crippen molar-refractivity contribution in [1.29, 1.82) is 0 Å². The van der Waals surface area contributed by atoms with Crippen molar-refractivity contribution in [3.63, 3.8) is 0 Å². The molecule has 5 heteroatoms. The summed E-state index contributed by atoms with van der Waals surface area (Å²) in [6.07, 6.45) is 5.05. The maximum Gasteiger partial charge on any atom is 0.252 e. The molecule has 2 unspecified atom stereocenters. The van der Waals surface area contributed by atoms with Crippen LogP contribution >= 0.6 is 0 Å². The van der Waals surface area contributed by atoms with Gasteiger partial charge in [0.15, 0.2) is 0 Å². The minimum Gasteiger partial charge on any atom is -0.378 e. The number of carbonyl (C=O) groups is 1. The minimum atomic E-state index is -0.347. The molecule has 1 saturated heterocycles. The van der Waals surface area contributed by atoms with Crippen molar-refractivity contribution in [2.75, 3.05) is 6.61 Å². The Labute approximate surface area is 159 Å². The summed E-state index contributed by atoms with van der Waals surface area (Å²) < 4.78 is 19.6. The third-order valence-electron chi connectivity index (χ3n) is 5.47. The van der Waals surface area contributed by atoms with Gasteiger partial charge in [0.25, 0.3) is 5.91 Å². The molecular weight excluding hydrogens is 343 g/mol. The second-order valence-electron chi connectivity index (χ2n) is 8.35. The highest BCUT2D eigenvalue weighted by atomic mass is 19.1. The second kappa shape index (κ2) is 7.55. The van der Waals surface area contributed by atoms with Crippen LogP contribution in [0.3, 0.4) is 0 Å². The van der Waals surface area contributed by atoms with Crippen LogP contribution in [0.25, 0.3) is 10.9 Å². The van der Waals surface area contributed by atoms with Gasteiger partial charge in [0.1, 0.15) is 5.82 Å². The first-order chi connectivity index (χ1) is 13.0. The lowest BCUT2D eigenvalue weighted by Crippen LogP contribution is -2.42. The van der Waals surface area contributed by atoms with Gasteiger partial charge in [-0.05, 0) is 62.3 Å². The number of nitrogens with one attached hydrogen (secondary N) is 1. The Morgan fingerprint density at radius 3 is 2.85 bits per heavy atom. The van der Waals surface area contributed by atoms with E-state index in [0.29, 0.717) is 34.9 Å². The summed E-state index contributed by atoms with van der Waals surface area (Å²) in [5.41, 5.74) is 2.17. The average Bonchev–Trinajstić information content (AvgIpc) is 3.45. The number of halogens is 1. The smallest absolute Gasteiger partial charge is 0.252 e. The first-order valence-electron chi connectivity index (χ1n) is 10.0. The van der Waals surface area contributed by atoms with E-state index in [1.165, 1.54) is 12.1 Å². The first-order valence-corrected chi connectivity index (χ1v) is 10.0. The van der Waals surface area contributed by atoms with Gasteiger partial charge in [-0.15, -0.1) is 0 Å². The molecule has 2 fully saturated rings. The Balaban J connectivity index is 1.57. The number of aromatic nitrogens is 1. The number of pyridine rings is 1. The molecule has 2 aliphatic rings. The lowest BCUT2D eigenvalue weighted by molar-refractivity contribution is -0.00845. The van der Waals surface area contributed by atoms with E-state index in [9.17, 15) is 9.18 Å². The summed E-state index contributed by atoms with van der Waals surface area (Å²) in [6.45, 7) is 5.03. The number of fused-ring (bicyclic) bond motifs is 1. The van der Waals surface area contributed by atoms with Crippen molar-refractivity contribution in [1.82, 2.24) is 10.3 Å². The standard InChI is InChI=1S/C22H27FN2O2/c1-13(2)9-17-11-16(7-8-27-17)24-22(26)19-12-21(14-3-4-14)25-20-6-5-15(23)10-18(19)20/h5-6,10,12-14,16-17H,3-4,7-9,11H2,1-2H3,(H,24,26). The Bertz CT molecular complexity index is 848. The predicted molar refractivity (Wildman–Crippen MR) is 103 cm³/mol. The molecule has 2 heterocycles. The Hall–Kier alpha value is -2.01. The molecule has 4 rings (SSSR count). The Morgan fingerprint density at radius 1 is 1.30 bits per heavy atom. The molecule has 1 saturated carbocycles. The first kappa shape index (κ1) is 18.4. The van der Waals surface area contributed by atoms with E-state index in [-0.39, 0.29) is 23.9 Å². The van der Waals surface area contributed by atoms with Crippen molar-refractivity contribution in [2.24, 2.45) is 5.92 Å². The molecule has 1 aromatic carbocycles. The molecular formula is C22H27FN2O2. The minimum absolute atomic E-state index is 0.0937. The third-order valence-corrected chi connectivity index (χ3v) is 5.47. The van der Waals surface area contributed by atoms with E-state index in [1.807, 2.05) is 6.07 Å². The van der Waals surface area contributed by atoms with Crippen LogP contribution in [0.1, 0.15) is 67.9 Å². The van der Waals surface area contributed by atoms with E-state index >= 15 is 0 Å². The van der Waals surface area contributed by atoms with Crippen LogP contribution in [0, 0.1) is 11.7 Å². The summed E-state index contributed by atoms with van der Waals surface area (Å²) in [7, 11) is 0. The van der Waals surface area contributed by atoms with Gasteiger partial charge in [-0.2, -0.15) is 0 Å². The van der Waals surface area contributed by atoms with E-state index < -0.39 is 0 Å². The van der Waals surface area contributed by atoms with E-state index in [0.717, 1.165) is 37.8 Å². The predicted octanol–water partition coefficient (Wildman–Crippen LogP) is 4.57. The zero-order valence-electron chi connectivity index (χ0n) is 16.0. The topological polar surface area (TPSA) is 51.2 Å². The largest absolute Gasteiger partial charge is 0.378 e. The highest BCUT2D eigenvalue weighted by molar-refractivity contribution is 6.06. The number of hydrogen-bond donors (Lipinski definition) is 1. The molecule has 1 N–H and O–H groups in total. The van der Waals surface area contributed by atoms with E-state index in [2.05, 4.69) is 24.1 Å². The van der Waals surface area contributed by atoms with Crippen LogP contribution in [0.2, 0.25) is 0 Å². The quantitative estimate of drug-likeness (QED) is 0.838. The fraction of sp³-hybridized carbons (Fsp3) is 0.545. The van der Waals surface area contributed by atoms with Gasteiger partial charge in [0, 0.05) is 29.6 Å². The zero-order valence-corrected chi connectivity index (χ0v) is 16.0. The number of rotatable bonds is 5. The lowest BCUT2D eigenvalue weighted by atomic mass is 9.95. The average molecular weight is 370 g/mol. The van der Waals surface area contributed by atoms with Crippen molar-refractivity contribution >= 4 is 16.8 Å². The van der Waals surface area contributed by atoms with Crippen LogP contribution in [-0.2, 0) is 4.74 Å². The molecule has 27 heavy (non-hydrogen) atoms. The summed E-state index contributed by atoms with van der Waals surface area (Å²) in [4.78, 5) is 17.7. The van der Waals surface area contributed by atoms with Crippen molar-refractivity contribution in [3.05, 3.63) is 41.3 Å². The van der Waals surface area contributed by atoms with Crippen LogP contribution in [0.5, 0.6) is 0 Å². The van der Waals surface area contributed by atoms with Crippen LogP contribution in [0.15, 0.2) is 24.3 Å². The van der Waals surface area contributed by atoms with E-state index in [1.54, 1.807) is 6.07 Å². The van der Waals surface area contributed by atoms with Gasteiger partial charge in [-0.25, -0.2) is 4.39 Å². The number of nitrogens with zero attached hydrogens (tertiary/aromatic N) is 1. The highest BCUT2D eigenvalue weighted by Crippen LogP contribution is 2.40. The van der Waals surface area contributed by atoms with Crippen LogP contribution in [0.4, 0.5) is 4.39 Å². The maximum absolute atomic E-state index is 13.8. The SMILES string of the molecule is CC(C)CC1CC(NC(=O)c2cc(C3CC3)nc3ccc(F)cc23)CCO1. The number of hydrogen-bond acceptors (Lipinski definition) is 3. The van der Waals surface area contributed by atoms with Gasteiger partial charge in [-0.3, -0.25) is 9.78 Å². The number of amides is 1. The second-order valence-corrected chi connectivity index (χ2v) is 8.35. The molecule has 2 aromatic rings. The molecule has 0 spiro atoms. The number of ether oxygens (including phenoxy) is 1. The highest BCUT2D eigenvalue weighted by Gasteiger charge is 2.29. The molecule has 1 aliphatic heterocycles. The fourth-order valence-corrected chi connectivity index (χ4v) is 3.96. The zero-order chi connectivity index (χ0) is 19.0.